The van der Waals surface area contributed by atoms with Gasteiger partial charge in [0, 0.05) is 19.7 Å². The third kappa shape index (κ3) is 7.27. The van der Waals surface area contributed by atoms with Gasteiger partial charge in [0.25, 0.3) is 5.91 Å². The van der Waals surface area contributed by atoms with Crippen molar-refractivity contribution in [1.29, 1.82) is 0 Å². The van der Waals surface area contributed by atoms with E-state index in [0.29, 0.717) is 0 Å². The van der Waals surface area contributed by atoms with E-state index in [1.165, 1.54) is 32.3 Å². The molecule has 0 unspecified atom stereocenters. The predicted molar refractivity (Wildman–Crippen MR) is 105 cm³/mol. The summed E-state index contributed by atoms with van der Waals surface area (Å²) in [5.41, 5.74) is 1.62. The Bertz CT molecular complexity index is 821. The molecule has 0 bridgehead atoms. The Labute approximate surface area is 170 Å². The Kier molecular flexibility index (Phi) is 8.24. The van der Waals surface area contributed by atoms with Gasteiger partial charge >= 0.3 is 6.09 Å². The van der Waals surface area contributed by atoms with E-state index < -0.39 is 33.7 Å². The number of hydrogen-bond donors (Lipinski definition) is 2. The number of halogens is 1. The summed E-state index contributed by atoms with van der Waals surface area (Å²) in [6.45, 7) is 6.86. The van der Waals surface area contributed by atoms with Gasteiger partial charge in [-0.15, -0.1) is 0 Å². The summed E-state index contributed by atoms with van der Waals surface area (Å²) in [6, 6.07) is 3.42. The molecule has 0 radical (unpaired) electrons. The summed E-state index contributed by atoms with van der Waals surface area (Å²) in [4.78, 5) is 28.7. The Morgan fingerprint density at radius 2 is 1.86 bits per heavy atom. The number of carbonyl (C=O) groups excluding carboxylic acids is 2. The average molecular weight is 436 g/mol. The smallest absolute Gasteiger partial charge is 0.407 e. The van der Waals surface area contributed by atoms with Crippen molar-refractivity contribution in [2.45, 2.75) is 44.2 Å². The van der Waals surface area contributed by atoms with Crippen LogP contribution in [0.3, 0.4) is 0 Å². The summed E-state index contributed by atoms with van der Waals surface area (Å²) >= 11 is 5.95. The molecule has 9 nitrogen and oxygen atoms in total. The molecule has 11 heteroatoms. The van der Waals surface area contributed by atoms with Crippen molar-refractivity contribution in [1.82, 2.24) is 15.1 Å². The fraction of sp³-hybridized carbons (Fsp3) is 0.529. The molecular weight excluding hydrogens is 410 g/mol. The SMILES string of the molecule is C[C@H](CONC(=O)c1ccc(Cl)c(S(=O)(=O)N(C)C)c1)NC(=O)OC(C)(C)C. The summed E-state index contributed by atoms with van der Waals surface area (Å²) in [5.74, 6) is -0.656. The standard InChI is InChI=1S/C17H26ClN3O6S/c1-11(19-16(23)27-17(2,3)4)10-26-20-15(22)12-7-8-13(18)14(9-12)28(24,25)21(5)6/h7-9,11H,10H2,1-6H3,(H,19,23)(H,20,22)/t11-/m1/s1. The molecule has 2 amide bonds. The van der Waals surface area contributed by atoms with Crippen LogP contribution in [0.1, 0.15) is 38.1 Å². The van der Waals surface area contributed by atoms with Gasteiger partial charge < -0.3 is 10.1 Å². The largest absolute Gasteiger partial charge is 0.444 e. The van der Waals surface area contributed by atoms with Crippen molar-refractivity contribution in [3.63, 3.8) is 0 Å². The molecule has 0 saturated carbocycles. The minimum absolute atomic E-state index is 0.00125. The maximum Gasteiger partial charge on any atom is 0.407 e. The number of hydrogen-bond acceptors (Lipinski definition) is 6. The van der Waals surface area contributed by atoms with E-state index >= 15 is 0 Å². The van der Waals surface area contributed by atoms with E-state index in [2.05, 4.69) is 10.8 Å². The Hall–Kier alpha value is -1.88. The lowest BCUT2D eigenvalue weighted by Crippen LogP contribution is -2.41. The number of hydroxylamine groups is 1. The highest BCUT2D eigenvalue weighted by Gasteiger charge is 2.23. The van der Waals surface area contributed by atoms with E-state index in [4.69, 9.17) is 21.2 Å². The molecule has 0 aliphatic carbocycles. The lowest BCUT2D eigenvalue weighted by atomic mass is 10.2. The topological polar surface area (TPSA) is 114 Å². The molecule has 0 saturated heterocycles. The molecule has 1 aromatic carbocycles. The Morgan fingerprint density at radius 3 is 2.39 bits per heavy atom. The number of sulfonamides is 1. The molecule has 0 aliphatic rings. The molecule has 0 heterocycles. The van der Waals surface area contributed by atoms with Crippen molar-refractivity contribution in [2.24, 2.45) is 0 Å². The van der Waals surface area contributed by atoms with E-state index in [9.17, 15) is 18.0 Å². The van der Waals surface area contributed by atoms with Crippen LogP contribution in [-0.4, -0.2) is 57.1 Å². The fourth-order valence-corrected chi connectivity index (χ4v) is 3.27. The third-order valence-corrected chi connectivity index (χ3v) is 5.51. The molecule has 0 aromatic heterocycles. The van der Waals surface area contributed by atoms with Gasteiger partial charge in [0.15, 0.2) is 0 Å². The molecule has 2 N–H and O–H groups in total. The van der Waals surface area contributed by atoms with Crippen molar-refractivity contribution in [3.05, 3.63) is 28.8 Å². The quantitative estimate of drug-likeness (QED) is 0.634. The molecule has 1 rings (SSSR count). The van der Waals surface area contributed by atoms with Crippen molar-refractivity contribution in [3.8, 4) is 0 Å². The molecule has 0 fully saturated rings. The Morgan fingerprint density at radius 1 is 1.25 bits per heavy atom. The highest BCUT2D eigenvalue weighted by Crippen LogP contribution is 2.24. The first-order chi connectivity index (χ1) is 12.7. The highest BCUT2D eigenvalue weighted by atomic mass is 35.5. The first-order valence-corrected chi connectivity index (χ1v) is 10.2. The van der Waals surface area contributed by atoms with Crippen LogP contribution in [0.2, 0.25) is 5.02 Å². The number of amides is 2. The summed E-state index contributed by atoms with van der Waals surface area (Å²) in [7, 11) is -1.08. The molecule has 1 atom stereocenters. The van der Waals surface area contributed by atoms with E-state index in [0.717, 1.165) is 4.31 Å². The van der Waals surface area contributed by atoms with Crippen LogP contribution in [0, 0.1) is 0 Å². The first kappa shape index (κ1) is 24.2. The van der Waals surface area contributed by atoms with Gasteiger partial charge in [-0.2, -0.15) is 0 Å². The minimum Gasteiger partial charge on any atom is -0.444 e. The zero-order valence-corrected chi connectivity index (χ0v) is 18.3. The van der Waals surface area contributed by atoms with Crippen molar-refractivity contribution >= 4 is 33.6 Å². The number of alkyl carbamates (subject to hydrolysis) is 1. The van der Waals surface area contributed by atoms with Crippen LogP contribution in [0.4, 0.5) is 4.79 Å². The molecular formula is C17H26ClN3O6S. The van der Waals surface area contributed by atoms with Crippen LogP contribution in [-0.2, 0) is 19.6 Å². The number of nitrogens with zero attached hydrogens (tertiary/aromatic N) is 1. The molecule has 0 spiro atoms. The van der Waals surface area contributed by atoms with Crippen LogP contribution in [0.15, 0.2) is 23.1 Å². The van der Waals surface area contributed by atoms with Gasteiger partial charge in [-0.3, -0.25) is 9.63 Å². The summed E-state index contributed by atoms with van der Waals surface area (Å²) < 4.78 is 30.6. The highest BCUT2D eigenvalue weighted by molar-refractivity contribution is 7.89. The molecule has 28 heavy (non-hydrogen) atoms. The lowest BCUT2D eigenvalue weighted by molar-refractivity contribution is 0.0190. The number of rotatable bonds is 7. The van der Waals surface area contributed by atoms with Crippen LogP contribution in [0.25, 0.3) is 0 Å². The van der Waals surface area contributed by atoms with E-state index in [-0.39, 0.29) is 22.1 Å². The van der Waals surface area contributed by atoms with E-state index in [1.807, 2.05) is 0 Å². The number of ether oxygens (including phenoxy) is 1. The van der Waals surface area contributed by atoms with Crippen LogP contribution in [0.5, 0.6) is 0 Å². The fourth-order valence-electron chi connectivity index (χ4n) is 1.88. The third-order valence-electron chi connectivity index (χ3n) is 3.21. The maximum atomic E-state index is 12.3. The number of benzene rings is 1. The second-order valence-corrected chi connectivity index (χ2v) is 9.75. The van der Waals surface area contributed by atoms with E-state index in [1.54, 1.807) is 27.7 Å². The minimum atomic E-state index is -3.81. The van der Waals surface area contributed by atoms with Crippen molar-refractivity contribution < 1.29 is 27.6 Å². The van der Waals surface area contributed by atoms with Gasteiger partial charge in [0.05, 0.1) is 17.7 Å². The number of nitrogens with one attached hydrogen (secondary N) is 2. The second-order valence-electron chi connectivity index (χ2n) is 7.22. The number of carbonyl (C=O) groups is 2. The van der Waals surface area contributed by atoms with Crippen molar-refractivity contribution in [2.75, 3.05) is 20.7 Å². The van der Waals surface area contributed by atoms with Gasteiger partial charge in [-0.25, -0.2) is 23.0 Å². The zero-order chi connectivity index (χ0) is 21.7. The second kappa shape index (κ2) is 9.55. The zero-order valence-electron chi connectivity index (χ0n) is 16.7. The first-order valence-electron chi connectivity index (χ1n) is 8.38. The van der Waals surface area contributed by atoms with Gasteiger partial charge in [0.2, 0.25) is 10.0 Å². The maximum absolute atomic E-state index is 12.3. The summed E-state index contributed by atoms with van der Waals surface area (Å²) in [6.07, 6.45) is -0.605. The summed E-state index contributed by atoms with van der Waals surface area (Å²) in [5, 5.41) is 2.56. The van der Waals surface area contributed by atoms with Gasteiger partial charge in [-0.05, 0) is 45.9 Å². The molecule has 0 aliphatic heterocycles. The van der Waals surface area contributed by atoms with Crippen LogP contribution >= 0.6 is 11.6 Å². The van der Waals surface area contributed by atoms with Gasteiger partial charge in [0.1, 0.15) is 10.5 Å². The normalized spacial score (nSPS) is 13.1. The van der Waals surface area contributed by atoms with Crippen LogP contribution < -0.4 is 10.8 Å². The lowest BCUT2D eigenvalue weighted by Gasteiger charge is -2.21. The molecule has 158 valence electrons. The predicted octanol–water partition coefficient (Wildman–Crippen LogP) is 2.16. The Balaban J connectivity index is 2.66. The monoisotopic (exact) mass is 435 g/mol. The molecule has 1 aromatic rings. The van der Waals surface area contributed by atoms with Gasteiger partial charge in [-0.1, -0.05) is 11.6 Å². The average Bonchev–Trinajstić information content (AvgIpc) is 2.52.